The van der Waals surface area contributed by atoms with Crippen LogP contribution in [-0.4, -0.2) is 34.2 Å². The monoisotopic (exact) mass is 695 g/mol. The largest absolute Gasteiger partial charge is 2.00 e. The number of aryl methyl sites for hydroxylation is 2. The fraction of sp³-hybridized carbons (Fsp3) is 0.128. The predicted octanol–water partition coefficient (Wildman–Crippen LogP) is 9.15. The molecule has 4 aromatic heterocycles. The second-order valence-corrected chi connectivity index (χ2v) is 9.76. The summed E-state index contributed by atoms with van der Waals surface area (Å²) in [4.78, 5) is 17.4. The van der Waals surface area contributed by atoms with Gasteiger partial charge in [-0.15, -0.1) is 59.7 Å². The molecule has 0 fully saturated rings. The van der Waals surface area contributed by atoms with Crippen molar-refractivity contribution in [3.8, 4) is 34.0 Å². The van der Waals surface area contributed by atoms with Crippen molar-refractivity contribution in [3.63, 3.8) is 0 Å². The minimum Gasteiger partial charge on any atom is -0.540 e. The van der Waals surface area contributed by atoms with Crippen molar-refractivity contribution in [1.29, 1.82) is 0 Å². The van der Waals surface area contributed by atoms with Crippen LogP contribution in [0.15, 0.2) is 122 Å². The van der Waals surface area contributed by atoms with Crippen LogP contribution in [0.5, 0.6) is 11.5 Å². The van der Waals surface area contributed by atoms with E-state index in [1.807, 2.05) is 97.3 Å². The summed E-state index contributed by atoms with van der Waals surface area (Å²) in [5.41, 5.74) is 8.40. The molecule has 0 atom stereocenters. The number of ether oxygens (including phenoxy) is 2. The quantitative estimate of drug-likeness (QED) is 0.104. The molecule has 6 nitrogen and oxygen atoms in total. The third-order valence-electron chi connectivity index (χ3n) is 7.13. The zero-order valence-corrected chi connectivity index (χ0v) is 27.1. The Morgan fingerprint density at radius 3 is 1.24 bits per heavy atom. The molecule has 0 unspecified atom stereocenters. The zero-order chi connectivity index (χ0) is 30.7. The van der Waals surface area contributed by atoms with Crippen molar-refractivity contribution < 1.29 is 29.0 Å². The molecule has 0 aliphatic carbocycles. The summed E-state index contributed by atoms with van der Waals surface area (Å²) >= 11 is 0. The SMILES string of the molecule is C.COc1c[c-]c(-c2ccccn2)cc1.COc1c[c-]c(-c2ccccn2)cc1.Cc1c(C)c2cccnc2c2ncccc12.[Rh+2]. The van der Waals surface area contributed by atoms with Crippen molar-refractivity contribution in [2.75, 3.05) is 14.2 Å². The summed E-state index contributed by atoms with van der Waals surface area (Å²) in [5, 5.41) is 2.40. The van der Waals surface area contributed by atoms with Gasteiger partial charge in [0.05, 0.1) is 25.3 Å². The summed E-state index contributed by atoms with van der Waals surface area (Å²) in [6.07, 6.45) is 7.19. The fourth-order valence-corrected chi connectivity index (χ4v) is 4.64. The maximum absolute atomic E-state index is 5.05. The van der Waals surface area contributed by atoms with Gasteiger partial charge < -0.3 is 19.4 Å². The van der Waals surface area contributed by atoms with Crippen LogP contribution >= 0.6 is 0 Å². The molecule has 7 rings (SSSR count). The number of fused-ring (bicyclic) bond motifs is 3. The van der Waals surface area contributed by atoms with E-state index in [4.69, 9.17) is 9.47 Å². The Morgan fingerprint density at radius 1 is 0.500 bits per heavy atom. The minimum atomic E-state index is 0. The maximum atomic E-state index is 5.05. The number of pyridine rings is 4. The smallest absolute Gasteiger partial charge is 0.540 e. The van der Waals surface area contributed by atoms with Crippen LogP contribution in [0.2, 0.25) is 0 Å². The van der Waals surface area contributed by atoms with Gasteiger partial charge in [0.15, 0.2) is 0 Å². The molecule has 0 saturated heterocycles. The second kappa shape index (κ2) is 17.5. The molecule has 4 heterocycles. The molecular formula is C39H36N4O2Rh. The number of methoxy groups -OCH3 is 2. The molecule has 7 heteroatoms. The van der Waals surface area contributed by atoms with E-state index in [1.54, 1.807) is 26.6 Å². The summed E-state index contributed by atoms with van der Waals surface area (Å²) in [6.45, 7) is 4.29. The van der Waals surface area contributed by atoms with E-state index < -0.39 is 0 Å². The Labute approximate surface area is 284 Å². The van der Waals surface area contributed by atoms with Crippen LogP contribution in [0, 0.1) is 26.0 Å². The van der Waals surface area contributed by atoms with E-state index in [9.17, 15) is 0 Å². The number of nitrogens with zero attached hydrogens (tertiary/aromatic N) is 4. The van der Waals surface area contributed by atoms with Crippen molar-refractivity contribution in [1.82, 2.24) is 19.9 Å². The topological polar surface area (TPSA) is 70.0 Å². The zero-order valence-electron chi connectivity index (χ0n) is 25.5. The van der Waals surface area contributed by atoms with Gasteiger partial charge in [-0.1, -0.05) is 43.8 Å². The third-order valence-corrected chi connectivity index (χ3v) is 7.13. The van der Waals surface area contributed by atoms with E-state index in [-0.39, 0.29) is 26.9 Å². The molecule has 0 aliphatic heterocycles. The van der Waals surface area contributed by atoms with Gasteiger partial charge in [0.25, 0.3) is 0 Å². The van der Waals surface area contributed by atoms with Gasteiger partial charge in [-0.2, -0.15) is 0 Å². The molecule has 0 saturated carbocycles. The van der Waals surface area contributed by atoms with Crippen LogP contribution in [0.1, 0.15) is 18.6 Å². The Balaban J connectivity index is 0.000000184. The van der Waals surface area contributed by atoms with Crippen LogP contribution in [0.25, 0.3) is 44.3 Å². The van der Waals surface area contributed by atoms with Crippen molar-refractivity contribution >= 4 is 21.8 Å². The van der Waals surface area contributed by atoms with E-state index in [1.165, 1.54) is 21.9 Å². The number of aromatic nitrogens is 4. The first kappa shape index (κ1) is 35.5. The Morgan fingerprint density at radius 2 is 0.913 bits per heavy atom. The molecule has 0 spiro atoms. The first-order valence-corrected chi connectivity index (χ1v) is 14.1. The maximum Gasteiger partial charge on any atom is 2.00 e. The van der Waals surface area contributed by atoms with Gasteiger partial charge in [-0.3, -0.25) is 9.97 Å². The Hall–Kier alpha value is -5.00. The first-order chi connectivity index (χ1) is 21.6. The first-order valence-electron chi connectivity index (χ1n) is 14.1. The summed E-state index contributed by atoms with van der Waals surface area (Å²) in [6, 6.07) is 37.3. The normalized spacial score (nSPS) is 9.83. The number of rotatable bonds is 4. The van der Waals surface area contributed by atoms with Crippen LogP contribution in [0.3, 0.4) is 0 Å². The van der Waals surface area contributed by atoms with Gasteiger partial charge in [0.1, 0.15) is 0 Å². The summed E-state index contributed by atoms with van der Waals surface area (Å²) in [7, 11) is 3.28. The minimum absolute atomic E-state index is 0. The number of benzene rings is 3. The van der Waals surface area contributed by atoms with Crippen LogP contribution in [0.4, 0.5) is 0 Å². The van der Waals surface area contributed by atoms with Gasteiger partial charge in [0.2, 0.25) is 0 Å². The van der Waals surface area contributed by atoms with Crippen LogP contribution in [-0.2, 0) is 19.5 Å². The summed E-state index contributed by atoms with van der Waals surface area (Å²) in [5.74, 6) is 1.62. The molecule has 0 aliphatic rings. The molecule has 233 valence electrons. The van der Waals surface area contributed by atoms with Gasteiger partial charge in [-0.25, -0.2) is 0 Å². The van der Waals surface area contributed by atoms with Gasteiger partial charge in [-0.05, 0) is 60.6 Å². The van der Waals surface area contributed by atoms with Gasteiger partial charge in [0, 0.05) is 47.1 Å². The average Bonchev–Trinajstić information content (AvgIpc) is 3.12. The number of hydrogen-bond acceptors (Lipinski definition) is 6. The molecule has 1 radical (unpaired) electrons. The Bertz CT molecular complexity index is 1790. The molecule has 0 N–H and O–H groups in total. The molecule has 0 bridgehead atoms. The van der Waals surface area contributed by atoms with Crippen molar-refractivity contribution in [2.24, 2.45) is 0 Å². The molecule has 3 aromatic carbocycles. The van der Waals surface area contributed by atoms with Crippen LogP contribution < -0.4 is 9.47 Å². The molecular weight excluding hydrogens is 659 g/mol. The fourth-order valence-electron chi connectivity index (χ4n) is 4.64. The molecule has 46 heavy (non-hydrogen) atoms. The summed E-state index contributed by atoms with van der Waals surface area (Å²) < 4.78 is 10.1. The molecule has 7 aromatic rings. The Kier molecular flexibility index (Phi) is 13.5. The average molecular weight is 696 g/mol. The van der Waals surface area contributed by atoms with E-state index in [2.05, 4.69) is 58.0 Å². The van der Waals surface area contributed by atoms with Crippen molar-refractivity contribution in [2.45, 2.75) is 21.3 Å². The standard InChI is InChI=1S/C14H12N2.2C12H10NO.CH4.Rh/c1-9-10(2)12-6-4-8-16-14(12)13-11(9)5-3-7-15-13;2*1-14-11-7-5-10(6-8-11)12-4-2-3-9-13-12;;/h3-8H,1-2H3;2*2-5,7-9H,1H3;1H4;/q;2*-1;;+2. The van der Waals surface area contributed by atoms with Gasteiger partial charge >= 0.3 is 19.5 Å². The molecule has 0 amide bonds. The van der Waals surface area contributed by atoms with E-state index in [0.717, 1.165) is 45.0 Å². The predicted molar refractivity (Wildman–Crippen MR) is 183 cm³/mol. The third kappa shape index (κ3) is 8.59. The van der Waals surface area contributed by atoms with Crippen molar-refractivity contribution in [3.05, 3.63) is 145 Å². The number of hydrogen-bond donors (Lipinski definition) is 0. The second-order valence-electron chi connectivity index (χ2n) is 9.76. The van der Waals surface area contributed by atoms with E-state index >= 15 is 0 Å². The van der Waals surface area contributed by atoms with E-state index in [0.29, 0.717) is 0 Å².